The summed E-state index contributed by atoms with van der Waals surface area (Å²) in [6.45, 7) is 9.10. The van der Waals surface area contributed by atoms with Gasteiger partial charge in [-0.1, -0.05) is 297 Å². The number of esters is 3. The topological polar surface area (TPSA) is 78.9 Å². The van der Waals surface area contributed by atoms with Crippen LogP contribution in [0.25, 0.3) is 0 Å². The van der Waals surface area contributed by atoms with Crippen LogP contribution in [-0.4, -0.2) is 37.2 Å². The first-order valence-corrected chi connectivity index (χ1v) is 29.4. The van der Waals surface area contributed by atoms with E-state index in [1.807, 2.05) is 0 Å². The molecule has 6 nitrogen and oxygen atoms in total. The first-order chi connectivity index (χ1) is 31.9. The van der Waals surface area contributed by atoms with E-state index < -0.39 is 6.10 Å². The van der Waals surface area contributed by atoms with Gasteiger partial charge in [0.05, 0.1) is 0 Å². The molecule has 0 aromatic carbocycles. The van der Waals surface area contributed by atoms with Gasteiger partial charge in [-0.15, -0.1) is 0 Å². The summed E-state index contributed by atoms with van der Waals surface area (Å²) in [4.78, 5) is 38.1. The van der Waals surface area contributed by atoms with E-state index in [4.69, 9.17) is 14.2 Å². The molecule has 0 aliphatic carbocycles. The molecule has 0 radical (unpaired) electrons. The maximum Gasteiger partial charge on any atom is 0.306 e. The molecule has 0 aliphatic heterocycles. The highest BCUT2D eigenvalue weighted by Crippen LogP contribution is 2.18. The minimum Gasteiger partial charge on any atom is -0.462 e. The smallest absolute Gasteiger partial charge is 0.306 e. The monoisotopic (exact) mass is 919 g/mol. The van der Waals surface area contributed by atoms with Crippen molar-refractivity contribution in [1.29, 1.82) is 0 Å². The van der Waals surface area contributed by atoms with Gasteiger partial charge in [0.15, 0.2) is 6.10 Å². The first kappa shape index (κ1) is 63.4. The lowest BCUT2D eigenvalue weighted by atomic mass is 9.99. The van der Waals surface area contributed by atoms with Crippen molar-refractivity contribution in [2.24, 2.45) is 5.92 Å². The molecule has 0 fully saturated rings. The number of ether oxygens (including phenoxy) is 3. The maximum atomic E-state index is 12.8. The zero-order chi connectivity index (χ0) is 47.4. The zero-order valence-corrected chi connectivity index (χ0v) is 44.5. The van der Waals surface area contributed by atoms with Crippen molar-refractivity contribution in [3.63, 3.8) is 0 Å². The van der Waals surface area contributed by atoms with E-state index in [0.717, 1.165) is 63.7 Å². The Kier molecular flexibility index (Phi) is 52.1. The van der Waals surface area contributed by atoms with Gasteiger partial charge in [0, 0.05) is 19.3 Å². The fourth-order valence-corrected chi connectivity index (χ4v) is 9.07. The highest BCUT2D eigenvalue weighted by atomic mass is 16.6. The van der Waals surface area contributed by atoms with Gasteiger partial charge < -0.3 is 14.2 Å². The number of hydrogen-bond donors (Lipinski definition) is 0. The summed E-state index contributed by atoms with van der Waals surface area (Å²) >= 11 is 0. The van der Waals surface area contributed by atoms with Crippen LogP contribution in [0.3, 0.4) is 0 Å². The van der Waals surface area contributed by atoms with E-state index in [1.165, 1.54) is 231 Å². The highest BCUT2D eigenvalue weighted by Gasteiger charge is 2.19. The average molecular weight is 920 g/mol. The molecule has 1 unspecified atom stereocenters. The Bertz CT molecular complexity index is 982. The Morgan fingerprint density at radius 3 is 0.800 bits per heavy atom. The van der Waals surface area contributed by atoms with Crippen molar-refractivity contribution in [2.45, 2.75) is 342 Å². The van der Waals surface area contributed by atoms with E-state index in [1.54, 1.807) is 0 Å². The minimum absolute atomic E-state index is 0.0619. The second-order valence-electron chi connectivity index (χ2n) is 20.5. The molecule has 0 rings (SSSR count). The molecule has 65 heavy (non-hydrogen) atoms. The third-order valence-corrected chi connectivity index (χ3v) is 13.9. The van der Waals surface area contributed by atoms with Gasteiger partial charge in [-0.3, -0.25) is 14.4 Å². The van der Waals surface area contributed by atoms with E-state index >= 15 is 0 Å². The summed E-state index contributed by atoms with van der Waals surface area (Å²) < 4.78 is 16.9. The van der Waals surface area contributed by atoms with Crippen LogP contribution in [0.2, 0.25) is 0 Å². The lowest BCUT2D eigenvalue weighted by Gasteiger charge is -2.18. The van der Waals surface area contributed by atoms with E-state index in [2.05, 4.69) is 27.7 Å². The van der Waals surface area contributed by atoms with Gasteiger partial charge in [0.2, 0.25) is 0 Å². The molecule has 0 spiro atoms. The van der Waals surface area contributed by atoms with Gasteiger partial charge in [-0.2, -0.15) is 0 Å². The van der Waals surface area contributed by atoms with Crippen LogP contribution in [0.5, 0.6) is 0 Å². The van der Waals surface area contributed by atoms with Crippen LogP contribution < -0.4 is 0 Å². The van der Waals surface area contributed by atoms with Crippen molar-refractivity contribution < 1.29 is 28.6 Å². The summed E-state index contributed by atoms with van der Waals surface area (Å²) in [5, 5.41) is 0. The number of carbonyl (C=O) groups excluding carboxylic acids is 3. The highest BCUT2D eigenvalue weighted by molar-refractivity contribution is 5.71. The standard InChI is InChI=1S/C59H114O6/c1-5-8-10-12-14-16-18-19-24-28-31-35-38-42-46-50-57(60)63-53-56(65-59(62)52-48-44-40-34-17-15-13-11-9-6-2)54-64-58(61)51-47-43-39-36-32-29-26-23-21-20-22-25-27-30-33-37-41-45-49-55(4)7-3/h55-56H,5-54H2,1-4H3/t55?,56-/m1/s1. The Balaban J connectivity index is 4.17. The van der Waals surface area contributed by atoms with Crippen LogP contribution >= 0.6 is 0 Å². The molecule has 386 valence electrons. The Hall–Kier alpha value is -1.59. The largest absolute Gasteiger partial charge is 0.462 e. The predicted molar refractivity (Wildman–Crippen MR) is 280 cm³/mol. The van der Waals surface area contributed by atoms with Crippen LogP contribution in [0, 0.1) is 5.92 Å². The molecular formula is C59H114O6. The third kappa shape index (κ3) is 51.6. The van der Waals surface area contributed by atoms with Crippen molar-refractivity contribution in [2.75, 3.05) is 13.2 Å². The Morgan fingerprint density at radius 2 is 0.538 bits per heavy atom. The van der Waals surface area contributed by atoms with Crippen molar-refractivity contribution >= 4 is 17.9 Å². The quantitative estimate of drug-likeness (QED) is 0.0344. The van der Waals surface area contributed by atoms with E-state index in [9.17, 15) is 14.4 Å². The molecule has 0 heterocycles. The number of rotatable bonds is 54. The summed E-state index contributed by atoms with van der Waals surface area (Å²) in [5.41, 5.74) is 0. The molecule has 0 bridgehead atoms. The van der Waals surface area contributed by atoms with Crippen LogP contribution in [0.1, 0.15) is 336 Å². The lowest BCUT2D eigenvalue weighted by molar-refractivity contribution is -0.167. The molecule has 2 atom stereocenters. The van der Waals surface area contributed by atoms with Gasteiger partial charge in [0.1, 0.15) is 13.2 Å². The molecule has 0 aromatic rings. The second-order valence-corrected chi connectivity index (χ2v) is 20.5. The van der Waals surface area contributed by atoms with Crippen molar-refractivity contribution in [3.05, 3.63) is 0 Å². The SMILES string of the molecule is CCCCCCCCCCCCCCCCCC(=O)OC[C@H](COC(=O)CCCCCCCCCCCCCCCCCCCCC(C)CC)OC(=O)CCCCCCCCCCCC. The number of carbonyl (C=O) groups is 3. The van der Waals surface area contributed by atoms with Crippen molar-refractivity contribution in [1.82, 2.24) is 0 Å². The molecule has 0 saturated heterocycles. The molecule has 0 N–H and O–H groups in total. The van der Waals surface area contributed by atoms with Gasteiger partial charge in [0.25, 0.3) is 0 Å². The fraction of sp³-hybridized carbons (Fsp3) is 0.949. The number of hydrogen-bond acceptors (Lipinski definition) is 6. The van der Waals surface area contributed by atoms with Gasteiger partial charge >= 0.3 is 17.9 Å². The molecule has 0 aliphatic rings. The fourth-order valence-electron chi connectivity index (χ4n) is 9.07. The van der Waals surface area contributed by atoms with Gasteiger partial charge in [-0.25, -0.2) is 0 Å². The van der Waals surface area contributed by atoms with Crippen LogP contribution in [0.4, 0.5) is 0 Å². The molecule has 0 amide bonds. The summed E-state index contributed by atoms with van der Waals surface area (Å²) in [7, 11) is 0. The van der Waals surface area contributed by atoms with Gasteiger partial charge in [-0.05, 0) is 25.2 Å². The average Bonchev–Trinajstić information content (AvgIpc) is 3.30. The maximum absolute atomic E-state index is 12.8. The summed E-state index contributed by atoms with van der Waals surface area (Å²) in [6, 6.07) is 0. The summed E-state index contributed by atoms with van der Waals surface area (Å²) in [5.74, 6) is 0.0732. The van der Waals surface area contributed by atoms with Crippen LogP contribution in [-0.2, 0) is 28.6 Å². The summed E-state index contributed by atoms with van der Waals surface area (Å²) in [6.07, 6.45) is 58.1. The van der Waals surface area contributed by atoms with E-state index in [-0.39, 0.29) is 31.1 Å². The van der Waals surface area contributed by atoms with Crippen LogP contribution in [0.15, 0.2) is 0 Å². The van der Waals surface area contributed by atoms with Crippen molar-refractivity contribution in [3.8, 4) is 0 Å². The van der Waals surface area contributed by atoms with E-state index in [0.29, 0.717) is 19.3 Å². The molecular weight excluding hydrogens is 805 g/mol. The molecule has 0 aromatic heterocycles. The lowest BCUT2D eigenvalue weighted by Crippen LogP contribution is -2.30. The number of unbranched alkanes of at least 4 members (excludes halogenated alkanes) is 40. The minimum atomic E-state index is -0.761. The Morgan fingerprint density at radius 1 is 0.308 bits per heavy atom. The Labute approximate surface area is 406 Å². The predicted octanol–water partition coefficient (Wildman–Crippen LogP) is 19.4. The molecule has 0 saturated carbocycles. The normalized spacial score (nSPS) is 12.4. The third-order valence-electron chi connectivity index (χ3n) is 13.9. The molecule has 6 heteroatoms. The zero-order valence-electron chi connectivity index (χ0n) is 44.5. The second kappa shape index (κ2) is 53.4. The first-order valence-electron chi connectivity index (χ1n) is 29.4.